The van der Waals surface area contributed by atoms with Crippen molar-refractivity contribution >= 4 is 41.0 Å². The molecule has 0 unspecified atom stereocenters. The summed E-state index contributed by atoms with van der Waals surface area (Å²) in [5.41, 5.74) is -2.27. The second-order valence-electron chi connectivity index (χ2n) is 7.84. The lowest BCUT2D eigenvalue weighted by Gasteiger charge is -2.32. The van der Waals surface area contributed by atoms with E-state index in [4.69, 9.17) is 33.6 Å². The number of nitriles is 1. The fourth-order valence-electron chi connectivity index (χ4n) is 3.64. The van der Waals surface area contributed by atoms with Gasteiger partial charge in [0.15, 0.2) is 6.19 Å². The Bertz CT molecular complexity index is 1380. The summed E-state index contributed by atoms with van der Waals surface area (Å²) >= 11 is 12.4. The number of carboxylic acids is 1. The Kier molecular flexibility index (Phi) is 7.62. The van der Waals surface area contributed by atoms with Crippen molar-refractivity contribution in [1.29, 1.82) is 5.26 Å². The third kappa shape index (κ3) is 5.00. The number of carboxylic acid groups (broad SMARTS) is 1. The number of carbonyl (C=O) groups is 3. The maximum Gasteiger partial charge on any atom is 0.335 e. The van der Waals surface area contributed by atoms with Gasteiger partial charge in [-0.15, -0.1) is 0 Å². The van der Waals surface area contributed by atoms with Gasteiger partial charge in [0.2, 0.25) is 0 Å². The molecule has 0 bridgehead atoms. The number of nitrogens with zero attached hydrogens (tertiary/aromatic N) is 2. The van der Waals surface area contributed by atoms with Crippen LogP contribution in [0.4, 0.5) is 8.78 Å². The van der Waals surface area contributed by atoms with Gasteiger partial charge in [-0.2, -0.15) is 5.26 Å². The molecule has 36 heavy (non-hydrogen) atoms. The Morgan fingerprint density at radius 2 is 1.53 bits per heavy atom. The van der Waals surface area contributed by atoms with Gasteiger partial charge in [-0.3, -0.25) is 9.59 Å². The standard InChI is InChI=1S/C25H17Cl2F2N3O4/c1-25(24(36)32(2)12-30,21-18(28)4-3-5-19(21)29)31-22(33)14-8-6-13(7-9-14)20-16(26)10-15(23(34)35)11-17(20)27/h3-11H,1-2H3,(H,31,33)(H,34,35)/t25-/m0/s1. The minimum absolute atomic E-state index is 0.0172. The number of likely N-dealkylation sites (N-methyl/N-ethyl adjacent to an activating group) is 1. The predicted molar refractivity (Wildman–Crippen MR) is 128 cm³/mol. The predicted octanol–water partition coefficient (Wildman–Crippen LogP) is 5.22. The number of rotatable bonds is 6. The molecular weight excluding hydrogens is 515 g/mol. The molecule has 11 heteroatoms. The molecule has 0 aliphatic carbocycles. The number of halogens is 4. The molecule has 0 radical (unpaired) electrons. The molecule has 3 aromatic rings. The van der Waals surface area contributed by atoms with Crippen molar-refractivity contribution < 1.29 is 28.3 Å². The molecule has 0 aliphatic rings. The van der Waals surface area contributed by atoms with Crippen molar-refractivity contribution in [3.8, 4) is 17.3 Å². The average Bonchev–Trinajstić information content (AvgIpc) is 2.82. The van der Waals surface area contributed by atoms with Crippen LogP contribution in [0.2, 0.25) is 10.0 Å². The zero-order valence-electron chi connectivity index (χ0n) is 18.8. The number of amides is 2. The quantitative estimate of drug-likeness (QED) is 0.334. The Hall–Kier alpha value is -4.00. The number of nitrogens with one attached hydrogen (secondary N) is 1. The molecule has 0 spiro atoms. The van der Waals surface area contributed by atoms with Crippen molar-refractivity contribution in [3.05, 3.63) is 93.0 Å². The third-order valence-corrected chi connectivity index (χ3v) is 6.03. The van der Waals surface area contributed by atoms with Crippen LogP contribution in [0.1, 0.15) is 33.2 Å². The normalized spacial score (nSPS) is 12.2. The van der Waals surface area contributed by atoms with Crippen LogP contribution >= 0.6 is 23.2 Å². The molecule has 3 rings (SSSR count). The fourth-order valence-corrected chi connectivity index (χ4v) is 4.34. The smallest absolute Gasteiger partial charge is 0.335 e. The molecule has 1 atom stereocenters. The van der Waals surface area contributed by atoms with Gasteiger partial charge in [0.1, 0.15) is 17.2 Å². The Morgan fingerprint density at radius 3 is 2.00 bits per heavy atom. The molecule has 0 saturated carbocycles. The van der Waals surface area contributed by atoms with E-state index in [0.717, 1.165) is 32.2 Å². The number of hydrogen-bond acceptors (Lipinski definition) is 4. The van der Waals surface area contributed by atoms with Crippen molar-refractivity contribution in [1.82, 2.24) is 10.2 Å². The van der Waals surface area contributed by atoms with E-state index in [1.165, 1.54) is 36.4 Å². The highest BCUT2D eigenvalue weighted by Crippen LogP contribution is 2.36. The average molecular weight is 532 g/mol. The van der Waals surface area contributed by atoms with Crippen LogP contribution in [-0.2, 0) is 10.3 Å². The Labute approximate surface area is 214 Å². The monoisotopic (exact) mass is 531 g/mol. The van der Waals surface area contributed by atoms with E-state index in [-0.39, 0.29) is 21.2 Å². The maximum atomic E-state index is 14.6. The molecule has 2 N–H and O–H groups in total. The zero-order chi connectivity index (χ0) is 26.8. The van der Waals surface area contributed by atoms with Crippen LogP contribution in [-0.4, -0.2) is 34.8 Å². The Balaban J connectivity index is 1.99. The lowest BCUT2D eigenvalue weighted by atomic mass is 9.88. The summed E-state index contributed by atoms with van der Waals surface area (Å²) in [6.45, 7) is 1.10. The summed E-state index contributed by atoms with van der Waals surface area (Å²) < 4.78 is 29.2. The zero-order valence-corrected chi connectivity index (χ0v) is 20.3. The van der Waals surface area contributed by atoms with E-state index in [1.54, 1.807) is 6.19 Å². The van der Waals surface area contributed by atoms with E-state index in [0.29, 0.717) is 16.0 Å². The van der Waals surface area contributed by atoms with Crippen molar-refractivity contribution in [3.63, 3.8) is 0 Å². The van der Waals surface area contributed by atoms with Crippen LogP contribution in [0, 0.1) is 23.1 Å². The first-order valence-corrected chi connectivity index (χ1v) is 10.9. The number of benzene rings is 3. The summed E-state index contributed by atoms with van der Waals surface area (Å²) in [6, 6.07) is 11.1. The molecule has 3 aromatic carbocycles. The molecule has 0 aromatic heterocycles. The molecule has 0 aliphatic heterocycles. The molecule has 0 heterocycles. The maximum absolute atomic E-state index is 14.6. The van der Waals surface area contributed by atoms with E-state index >= 15 is 0 Å². The van der Waals surface area contributed by atoms with Gasteiger partial charge < -0.3 is 10.4 Å². The second kappa shape index (κ2) is 10.3. The van der Waals surface area contributed by atoms with Crippen molar-refractivity contribution in [2.45, 2.75) is 12.5 Å². The van der Waals surface area contributed by atoms with Crippen LogP contribution in [0.25, 0.3) is 11.1 Å². The molecule has 184 valence electrons. The highest BCUT2D eigenvalue weighted by molar-refractivity contribution is 6.39. The van der Waals surface area contributed by atoms with E-state index in [9.17, 15) is 23.2 Å². The first kappa shape index (κ1) is 26.6. The topological polar surface area (TPSA) is 111 Å². The summed E-state index contributed by atoms with van der Waals surface area (Å²) in [5, 5.41) is 20.8. The van der Waals surface area contributed by atoms with Gasteiger partial charge >= 0.3 is 5.97 Å². The second-order valence-corrected chi connectivity index (χ2v) is 8.65. The molecule has 0 saturated heterocycles. The first-order chi connectivity index (χ1) is 16.9. The highest BCUT2D eigenvalue weighted by Gasteiger charge is 2.43. The summed E-state index contributed by atoms with van der Waals surface area (Å²) in [6.07, 6.45) is 1.57. The minimum Gasteiger partial charge on any atom is -0.478 e. The van der Waals surface area contributed by atoms with Crippen LogP contribution < -0.4 is 5.32 Å². The third-order valence-electron chi connectivity index (χ3n) is 5.43. The van der Waals surface area contributed by atoms with Crippen LogP contribution in [0.3, 0.4) is 0 Å². The number of carbonyl (C=O) groups excluding carboxylic acids is 2. The minimum atomic E-state index is -2.26. The van der Waals surface area contributed by atoms with Crippen molar-refractivity contribution in [2.75, 3.05) is 7.05 Å². The van der Waals surface area contributed by atoms with Gasteiger partial charge in [0, 0.05) is 18.2 Å². The van der Waals surface area contributed by atoms with Gasteiger partial charge in [-0.05, 0) is 48.9 Å². The number of hydrogen-bond donors (Lipinski definition) is 2. The first-order valence-electron chi connectivity index (χ1n) is 10.2. The summed E-state index contributed by atoms with van der Waals surface area (Å²) in [5.74, 6) is -5.28. The summed E-state index contributed by atoms with van der Waals surface area (Å²) in [4.78, 5) is 37.7. The summed E-state index contributed by atoms with van der Waals surface area (Å²) in [7, 11) is 1.10. The molecule has 7 nitrogen and oxygen atoms in total. The Morgan fingerprint density at radius 1 is 1.00 bits per heavy atom. The van der Waals surface area contributed by atoms with Gasteiger partial charge in [0.05, 0.1) is 21.2 Å². The SMILES string of the molecule is CN(C#N)C(=O)[C@@](C)(NC(=O)c1ccc(-c2c(Cl)cc(C(=O)O)cc2Cl)cc1)c1c(F)cccc1F. The largest absolute Gasteiger partial charge is 0.478 e. The van der Waals surface area contributed by atoms with Gasteiger partial charge in [-0.1, -0.05) is 41.4 Å². The highest BCUT2D eigenvalue weighted by atomic mass is 35.5. The van der Waals surface area contributed by atoms with E-state index in [1.807, 2.05) is 0 Å². The van der Waals surface area contributed by atoms with Gasteiger partial charge in [0.25, 0.3) is 11.8 Å². The van der Waals surface area contributed by atoms with Crippen LogP contribution in [0.5, 0.6) is 0 Å². The van der Waals surface area contributed by atoms with E-state index < -0.39 is 40.5 Å². The lowest BCUT2D eigenvalue weighted by Crippen LogP contribution is -2.54. The number of aromatic carboxylic acids is 1. The fraction of sp³-hybridized carbons (Fsp3) is 0.120. The van der Waals surface area contributed by atoms with E-state index in [2.05, 4.69) is 5.32 Å². The van der Waals surface area contributed by atoms with Crippen molar-refractivity contribution in [2.24, 2.45) is 0 Å². The molecule has 2 amide bonds. The lowest BCUT2D eigenvalue weighted by molar-refractivity contribution is -0.133. The molecule has 0 fully saturated rings. The van der Waals surface area contributed by atoms with Crippen LogP contribution in [0.15, 0.2) is 54.6 Å². The molecular formula is C25H17Cl2F2N3O4. The van der Waals surface area contributed by atoms with Gasteiger partial charge in [-0.25, -0.2) is 18.5 Å².